The van der Waals surface area contributed by atoms with Gasteiger partial charge in [-0.15, -0.1) is 0 Å². The highest BCUT2D eigenvalue weighted by atomic mass is 32.2. The lowest BCUT2D eigenvalue weighted by molar-refractivity contribution is -0.122. The summed E-state index contributed by atoms with van der Waals surface area (Å²) in [6.07, 6.45) is 45.8. The number of amides is 1. The Bertz CT molecular complexity index is 1020. The van der Waals surface area contributed by atoms with Crippen molar-refractivity contribution in [3.05, 3.63) is 85.1 Å². The Hall–Kier alpha value is -2.48. The summed E-state index contributed by atoms with van der Waals surface area (Å²) in [4.78, 5) is 12.4. The van der Waals surface area contributed by atoms with Gasteiger partial charge in [-0.2, -0.15) is 8.42 Å². The predicted molar refractivity (Wildman–Crippen MR) is 193 cm³/mol. The van der Waals surface area contributed by atoms with Gasteiger partial charge in [0.15, 0.2) is 0 Å². The zero-order valence-corrected chi connectivity index (χ0v) is 29.0. The van der Waals surface area contributed by atoms with Gasteiger partial charge in [0, 0.05) is 6.42 Å². The van der Waals surface area contributed by atoms with Gasteiger partial charge in [-0.3, -0.25) is 9.35 Å². The second-order valence-electron chi connectivity index (χ2n) is 11.4. The fourth-order valence-electron chi connectivity index (χ4n) is 4.49. The largest absolute Gasteiger partial charge is 0.387 e. The van der Waals surface area contributed by atoms with E-state index in [1.807, 2.05) is 12.2 Å². The van der Waals surface area contributed by atoms with E-state index in [9.17, 15) is 22.9 Å². The van der Waals surface area contributed by atoms with Crippen LogP contribution in [0.25, 0.3) is 0 Å². The summed E-state index contributed by atoms with van der Waals surface area (Å²) in [5.41, 5.74) is 0. The number of allylic oxidation sites excluding steroid dienone is 13. The Labute approximate surface area is 276 Å². The van der Waals surface area contributed by atoms with E-state index >= 15 is 0 Å². The molecule has 0 saturated heterocycles. The molecule has 0 radical (unpaired) electrons. The summed E-state index contributed by atoms with van der Waals surface area (Å²) < 4.78 is 32.3. The van der Waals surface area contributed by atoms with Gasteiger partial charge in [0.05, 0.1) is 17.9 Å². The first-order valence-electron chi connectivity index (χ1n) is 17.3. The topological polar surface area (TPSA) is 104 Å². The maximum atomic E-state index is 12.4. The van der Waals surface area contributed by atoms with Crippen molar-refractivity contribution in [3.8, 4) is 0 Å². The van der Waals surface area contributed by atoms with Crippen LogP contribution in [0.15, 0.2) is 85.1 Å². The minimum Gasteiger partial charge on any atom is -0.387 e. The standard InChI is InChI=1S/C38H63NO5S/c1-3-5-7-9-11-13-15-17-18-19-20-22-23-25-27-29-31-33-37(40)36(35-45(42,43)44)39-38(41)34-32-30-28-26-24-21-16-14-12-10-8-6-4-2/h6,8,12,14,18-19,21,23-25,28,30-31,33,36-37,40H,3-5,7,9-11,13,15-17,20,22,26-27,29,32,34-35H2,1-2H3,(H,39,41)(H,42,43,44)/b8-6-,14-12-,19-18+,24-21-,25-23+,30-28-,33-31+. The number of carbonyl (C=O) groups is 1. The van der Waals surface area contributed by atoms with Crippen molar-refractivity contribution in [1.29, 1.82) is 0 Å². The summed E-state index contributed by atoms with van der Waals surface area (Å²) in [7, 11) is -4.38. The van der Waals surface area contributed by atoms with Crippen molar-refractivity contribution in [3.63, 3.8) is 0 Å². The van der Waals surface area contributed by atoms with E-state index < -0.39 is 28.0 Å². The van der Waals surface area contributed by atoms with Crippen LogP contribution in [0.4, 0.5) is 0 Å². The van der Waals surface area contributed by atoms with Crippen LogP contribution in [0.1, 0.15) is 129 Å². The lowest BCUT2D eigenvalue weighted by Gasteiger charge is -2.20. The third kappa shape index (κ3) is 32.7. The predicted octanol–water partition coefficient (Wildman–Crippen LogP) is 9.67. The van der Waals surface area contributed by atoms with E-state index in [4.69, 9.17) is 0 Å². The molecule has 0 heterocycles. The lowest BCUT2D eigenvalue weighted by atomic mass is 10.1. The second-order valence-corrected chi connectivity index (χ2v) is 12.9. The summed E-state index contributed by atoms with van der Waals surface area (Å²) in [6.45, 7) is 4.36. The Morgan fingerprint density at radius 2 is 1.09 bits per heavy atom. The zero-order chi connectivity index (χ0) is 33.3. The molecule has 0 fully saturated rings. The quantitative estimate of drug-likeness (QED) is 0.0427. The number of hydrogen-bond donors (Lipinski definition) is 3. The van der Waals surface area contributed by atoms with Crippen molar-refractivity contribution in [2.24, 2.45) is 0 Å². The molecular formula is C38H63NO5S. The average Bonchev–Trinajstić information content (AvgIpc) is 3.00. The number of rotatable bonds is 29. The van der Waals surface area contributed by atoms with Crippen molar-refractivity contribution in [1.82, 2.24) is 5.32 Å². The molecule has 0 bridgehead atoms. The molecule has 0 rings (SSSR count). The normalized spacial score (nSPS) is 14.5. The maximum Gasteiger partial charge on any atom is 0.267 e. The highest BCUT2D eigenvalue weighted by molar-refractivity contribution is 7.85. The second kappa shape index (κ2) is 31.5. The third-order valence-electron chi connectivity index (χ3n) is 7.05. The number of carbonyl (C=O) groups excluding carboxylic acids is 1. The molecular weight excluding hydrogens is 582 g/mol. The van der Waals surface area contributed by atoms with Crippen LogP contribution < -0.4 is 5.32 Å². The first-order chi connectivity index (χ1) is 21.8. The van der Waals surface area contributed by atoms with Gasteiger partial charge in [-0.1, -0.05) is 137 Å². The van der Waals surface area contributed by atoms with Gasteiger partial charge in [0.2, 0.25) is 5.91 Å². The minimum absolute atomic E-state index is 0.158. The number of unbranched alkanes of at least 4 members (excludes halogenated alkanes) is 9. The first-order valence-corrected chi connectivity index (χ1v) is 18.9. The van der Waals surface area contributed by atoms with Crippen LogP contribution in [0.5, 0.6) is 0 Å². The van der Waals surface area contributed by atoms with E-state index in [0.29, 0.717) is 12.8 Å². The number of hydrogen-bond acceptors (Lipinski definition) is 4. The first kappa shape index (κ1) is 42.5. The minimum atomic E-state index is -4.38. The van der Waals surface area contributed by atoms with Gasteiger partial charge in [-0.05, 0) is 70.6 Å². The van der Waals surface area contributed by atoms with Crippen LogP contribution in [-0.2, 0) is 14.9 Å². The van der Waals surface area contributed by atoms with Gasteiger partial charge >= 0.3 is 0 Å². The fourth-order valence-corrected chi connectivity index (χ4v) is 5.22. The number of aliphatic hydroxyl groups is 1. The Morgan fingerprint density at radius 3 is 1.64 bits per heavy atom. The highest BCUT2D eigenvalue weighted by Crippen LogP contribution is 2.09. The van der Waals surface area contributed by atoms with E-state index in [1.54, 1.807) is 6.08 Å². The summed E-state index contributed by atoms with van der Waals surface area (Å²) in [5.74, 6) is -1.13. The summed E-state index contributed by atoms with van der Waals surface area (Å²) >= 11 is 0. The molecule has 0 aliphatic carbocycles. The lowest BCUT2D eigenvalue weighted by Crippen LogP contribution is -2.46. The Balaban J connectivity index is 4.24. The molecule has 0 spiro atoms. The van der Waals surface area contributed by atoms with Crippen LogP contribution in [0.2, 0.25) is 0 Å². The molecule has 6 nitrogen and oxygen atoms in total. The van der Waals surface area contributed by atoms with E-state index in [0.717, 1.165) is 51.4 Å². The van der Waals surface area contributed by atoms with E-state index in [1.165, 1.54) is 51.0 Å². The fraction of sp³-hybridized carbons (Fsp3) is 0.605. The molecule has 2 atom stereocenters. The molecule has 45 heavy (non-hydrogen) atoms. The van der Waals surface area contributed by atoms with Crippen molar-refractivity contribution < 1.29 is 22.9 Å². The number of aliphatic hydroxyl groups excluding tert-OH is 1. The average molecular weight is 646 g/mol. The van der Waals surface area contributed by atoms with Crippen LogP contribution in [0.3, 0.4) is 0 Å². The van der Waals surface area contributed by atoms with Gasteiger partial charge in [0.25, 0.3) is 10.1 Å². The van der Waals surface area contributed by atoms with Crippen molar-refractivity contribution >= 4 is 16.0 Å². The summed E-state index contributed by atoms with van der Waals surface area (Å²) in [6, 6.07) is -1.12. The zero-order valence-electron chi connectivity index (χ0n) is 28.2. The van der Waals surface area contributed by atoms with Gasteiger partial charge in [0.1, 0.15) is 0 Å². The molecule has 256 valence electrons. The molecule has 0 aromatic rings. The van der Waals surface area contributed by atoms with Crippen molar-refractivity contribution in [2.75, 3.05) is 5.75 Å². The van der Waals surface area contributed by atoms with Gasteiger partial charge in [-0.25, -0.2) is 0 Å². The molecule has 0 aromatic heterocycles. The van der Waals surface area contributed by atoms with Crippen LogP contribution >= 0.6 is 0 Å². The van der Waals surface area contributed by atoms with E-state index in [-0.39, 0.29) is 12.3 Å². The molecule has 0 aliphatic rings. The monoisotopic (exact) mass is 645 g/mol. The SMILES string of the molecule is CC/C=C\C/C=C\C/C=C\C/C=C\CCC(=O)NC(CS(=O)(=O)O)C(O)/C=C/CC/C=C/CC/C=C/CCCCCCCCC. The maximum absolute atomic E-state index is 12.4. The smallest absolute Gasteiger partial charge is 0.267 e. The molecule has 0 aliphatic heterocycles. The molecule has 1 amide bonds. The van der Waals surface area contributed by atoms with Crippen LogP contribution in [0, 0.1) is 0 Å². The Kier molecular flexibility index (Phi) is 29.8. The van der Waals surface area contributed by atoms with E-state index in [2.05, 4.69) is 79.9 Å². The number of nitrogens with one attached hydrogen (secondary N) is 1. The third-order valence-corrected chi connectivity index (χ3v) is 7.83. The Morgan fingerprint density at radius 1 is 0.622 bits per heavy atom. The summed E-state index contributed by atoms with van der Waals surface area (Å²) in [5, 5.41) is 13.1. The molecule has 0 aromatic carbocycles. The van der Waals surface area contributed by atoms with Crippen molar-refractivity contribution in [2.45, 2.75) is 142 Å². The molecule has 7 heteroatoms. The molecule has 0 saturated carbocycles. The van der Waals surface area contributed by atoms with Crippen LogP contribution in [-0.4, -0.2) is 41.9 Å². The highest BCUT2D eigenvalue weighted by Gasteiger charge is 2.24. The van der Waals surface area contributed by atoms with Gasteiger partial charge < -0.3 is 10.4 Å². The molecule has 3 N–H and O–H groups in total. The molecule has 2 unspecified atom stereocenters.